The van der Waals surface area contributed by atoms with Crippen LogP contribution in [0.25, 0.3) is 12.2 Å². The molecule has 0 unspecified atom stereocenters. The molecule has 0 spiro atoms. The Labute approximate surface area is 214 Å². The molecular formula is C24H24N2O9S2. The zero-order valence-corrected chi connectivity index (χ0v) is 21.1. The topological polar surface area (TPSA) is 182 Å². The van der Waals surface area contributed by atoms with Crippen LogP contribution in [-0.4, -0.2) is 52.2 Å². The first-order valence-corrected chi connectivity index (χ1v) is 13.5. The molecule has 0 bridgehead atoms. The maximum atomic E-state index is 12.6. The Hall–Kier alpha value is -3.75. The number of nitrogen functional groups attached to an aromatic ring is 1. The van der Waals surface area contributed by atoms with E-state index in [1.54, 1.807) is 19.2 Å². The van der Waals surface area contributed by atoms with Crippen LogP contribution in [0.2, 0.25) is 0 Å². The fourth-order valence-electron chi connectivity index (χ4n) is 3.21. The zero-order valence-electron chi connectivity index (χ0n) is 19.5. The van der Waals surface area contributed by atoms with E-state index >= 15 is 0 Å². The highest BCUT2D eigenvalue weighted by molar-refractivity contribution is 7.86. The van der Waals surface area contributed by atoms with E-state index in [1.165, 1.54) is 48.6 Å². The minimum absolute atomic E-state index is 0.00354. The summed E-state index contributed by atoms with van der Waals surface area (Å²) < 4.78 is 76.9. The molecule has 5 N–H and O–H groups in total. The second-order valence-electron chi connectivity index (χ2n) is 7.65. The number of anilines is 2. The molecule has 13 heteroatoms. The second-order valence-corrected chi connectivity index (χ2v) is 10.4. The first-order chi connectivity index (χ1) is 17.4. The maximum Gasteiger partial charge on any atom is 0.295 e. The van der Waals surface area contributed by atoms with Gasteiger partial charge in [-0.15, -0.1) is 0 Å². The van der Waals surface area contributed by atoms with Crippen molar-refractivity contribution < 1.29 is 40.2 Å². The summed E-state index contributed by atoms with van der Waals surface area (Å²) in [6, 6.07) is 13.8. The standard InChI is InChI=1S/C24H24N2O9S2/c1-34-12-13-35-21-10-6-18(7-11-21)24(27)26-20-9-5-17(23(15-20)37(31,32)33)3-2-16-4-8-19(25)14-22(16)36(28,29)30/h2-11,14-15H,12-13,25H2,1H3,(H,26,27)(H,28,29,30)(H,31,32,33)/b3-2+. The molecule has 3 aromatic rings. The second kappa shape index (κ2) is 11.5. The molecule has 0 aromatic heterocycles. The third-order valence-corrected chi connectivity index (χ3v) is 6.80. The molecule has 0 radical (unpaired) electrons. The van der Waals surface area contributed by atoms with E-state index in [2.05, 4.69) is 5.32 Å². The average Bonchev–Trinajstić information content (AvgIpc) is 2.83. The Morgan fingerprint density at radius 1 is 0.865 bits per heavy atom. The molecular weight excluding hydrogens is 524 g/mol. The molecule has 3 aromatic carbocycles. The smallest absolute Gasteiger partial charge is 0.295 e. The number of methoxy groups -OCH3 is 1. The summed E-state index contributed by atoms with van der Waals surface area (Å²) >= 11 is 0. The van der Waals surface area contributed by atoms with Crippen LogP contribution in [0.15, 0.2) is 70.5 Å². The molecule has 196 valence electrons. The first-order valence-electron chi connectivity index (χ1n) is 10.6. The molecule has 1 amide bonds. The van der Waals surface area contributed by atoms with Crippen LogP contribution in [-0.2, 0) is 25.0 Å². The Morgan fingerprint density at radius 3 is 2.00 bits per heavy atom. The molecule has 0 fully saturated rings. The van der Waals surface area contributed by atoms with Gasteiger partial charge < -0.3 is 20.5 Å². The number of carbonyl (C=O) groups excluding carboxylic acids is 1. The quantitative estimate of drug-likeness (QED) is 0.127. The highest BCUT2D eigenvalue weighted by atomic mass is 32.2. The minimum Gasteiger partial charge on any atom is -0.491 e. The lowest BCUT2D eigenvalue weighted by Crippen LogP contribution is -2.13. The largest absolute Gasteiger partial charge is 0.491 e. The lowest BCUT2D eigenvalue weighted by atomic mass is 10.1. The van der Waals surface area contributed by atoms with Gasteiger partial charge in [-0.25, -0.2) is 0 Å². The Bertz CT molecular complexity index is 1530. The van der Waals surface area contributed by atoms with E-state index in [1.807, 2.05) is 0 Å². The monoisotopic (exact) mass is 548 g/mol. The molecule has 0 aliphatic rings. The summed E-state index contributed by atoms with van der Waals surface area (Å²) in [4.78, 5) is 11.6. The van der Waals surface area contributed by atoms with Gasteiger partial charge in [0.05, 0.1) is 6.61 Å². The molecule has 0 saturated carbocycles. The molecule has 0 aliphatic carbocycles. The van der Waals surface area contributed by atoms with Crippen molar-refractivity contribution in [2.24, 2.45) is 0 Å². The van der Waals surface area contributed by atoms with Gasteiger partial charge in [0.15, 0.2) is 0 Å². The summed E-state index contributed by atoms with van der Waals surface area (Å²) in [5, 5.41) is 2.55. The normalized spacial score (nSPS) is 12.0. The van der Waals surface area contributed by atoms with Gasteiger partial charge >= 0.3 is 0 Å². The number of carbonyl (C=O) groups is 1. The molecule has 0 aliphatic heterocycles. The highest BCUT2D eigenvalue weighted by Gasteiger charge is 2.18. The molecule has 0 heterocycles. The third kappa shape index (κ3) is 7.62. The van der Waals surface area contributed by atoms with E-state index in [-0.39, 0.29) is 28.1 Å². The molecule has 11 nitrogen and oxygen atoms in total. The first kappa shape index (κ1) is 27.8. The van der Waals surface area contributed by atoms with Crippen molar-refractivity contribution in [3.8, 4) is 5.75 Å². The van der Waals surface area contributed by atoms with Crippen LogP contribution in [0.5, 0.6) is 5.75 Å². The van der Waals surface area contributed by atoms with Crippen LogP contribution < -0.4 is 15.8 Å². The summed E-state index contributed by atoms with van der Waals surface area (Å²) in [7, 11) is -7.81. The highest BCUT2D eigenvalue weighted by Crippen LogP contribution is 2.26. The van der Waals surface area contributed by atoms with Crippen molar-refractivity contribution in [2.75, 3.05) is 31.4 Å². The number of nitrogens with two attached hydrogens (primary N) is 1. The van der Waals surface area contributed by atoms with Crippen LogP contribution in [0, 0.1) is 0 Å². The van der Waals surface area contributed by atoms with E-state index in [9.17, 15) is 30.7 Å². The van der Waals surface area contributed by atoms with Crippen molar-refractivity contribution in [1.29, 1.82) is 0 Å². The molecule has 37 heavy (non-hydrogen) atoms. The fourth-order valence-corrected chi connectivity index (χ4v) is 4.64. The number of rotatable bonds is 10. The number of nitrogens with one attached hydrogen (secondary N) is 1. The van der Waals surface area contributed by atoms with Gasteiger partial charge in [-0.1, -0.05) is 24.3 Å². The fraction of sp³-hybridized carbons (Fsp3) is 0.125. The Balaban J connectivity index is 1.86. The van der Waals surface area contributed by atoms with Gasteiger partial charge in [-0.3, -0.25) is 13.9 Å². The van der Waals surface area contributed by atoms with Crippen LogP contribution in [0.4, 0.5) is 11.4 Å². The van der Waals surface area contributed by atoms with Gasteiger partial charge in [-0.05, 0) is 59.7 Å². The summed E-state index contributed by atoms with van der Waals surface area (Å²) in [6.07, 6.45) is 2.47. The number of benzene rings is 3. The van der Waals surface area contributed by atoms with Crippen molar-refractivity contribution >= 4 is 49.7 Å². The average molecular weight is 549 g/mol. The number of amides is 1. The van der Waals surface area contributed by atoms with E-state index in [0.29, 0.717) is 19.0 Å². The lowest BCUT2D eigenvalue weighted by molar-refractivity contribution is 0.102. The van der Waals surface area contributed by atoms with Crippen LogP contribution >= 0.6 is 0 Å². The Morgan fingerprint density at radius 2 is 1.43 bits per heavy atom. The number of ether oxygens (including phenoxy) is 2. The van der Waals surface area contributed by atoms with Gasteiger partial charge in [0.1, 0.15) is 22.1 Å². The maximum absolute atomic E-state index is 12.6. The summed E-state index contributed by atoms with van der Waals surface area (Å²) in [6.45, 7) is 0.752. The van der Waals surface area contributed by atoms with Gasteiger partial charge in [0.2, 0.25) is 0 Å². The number of hydrogen-bond donors (Lipinski definition) is 4. The van der Waals surface area contributed by atoms with Gasteiger partial charge in [-0.2, -0.15) is 16.8 Å². The summed E-state index contributed by atoms with van der Waals surface area (Å²) in [5.41, 5.74) is 6.07. The Kier molecular flexibility index (Phi) is 8.68. The molecule has 3 rings (SSSR count). The SMILES string of the molecule is COCCOc1ccc(C(=O)Nc2ccc(/C=C/c3ccc(N)cc3S(=O)(=O)O)c(S(=O)(=O)O)c2)cc1. The van der Waals surface area contributed by atoms with Crippen molar-refractivity contribution in [3.63, 3.8) is 0 Å². The van der Waals surface area contributed by atoms with Crippen molar-refractivity contribution in [2.45, 2.75) is 9.79 Å². The summed E-state index contributed by atoms with van der Waals surface area (Å²) in [5.74, 6) is 0.00403. The third-order valence-electron chi connectivity index (χ3n) is 4.98. The predicted molar refractivity (Wildman–Crippen MR) is 138 cm³/mol. The van der Waals surface area contributed by atoms with Crippen molar-refractivity contribution in [3.05, 3.63) is 77.4 Å². The van der Waals surface area contributed by atoms with Gasteiger partial charge in [0.25, 0.3) is 26.1 Å². The van der Waals surface area contributed by atoms with Crippen LogP contribution in [0.1, 0.15) is 21.5 Å². The lowest BCUT2D eigenvalue weighted by Gasteiger charge is -2.10. The molecule has 0 saturated heterocycles. The van der Waals surface area contributed by atoms with E-state index < -0.39 is 35.9 Å². The predicted octanol–water partition coefficient (Wildman–Crippen LogP) is 3.21. The van der Waals surface area contributed by atoms with Gasteiger partial charge in [0, 0.05) is 24.0 Å². The van der Waals surface area contributed by atoms with E-state index in [4.69, 9.17) is 15.2 Å². The minimum atomic E-state index is -4.74. The zero-order chi connectivity index (χ0) is 27.2. The van der Waals surface area contributed by atoms with Crippen LogP contribution in [0.3, 0.4) is 0 Å². The van der Waals surface area contributed by atoms with E-state index in [0.717, 1.165) is 12.1 Å². The van der Waals surface area contributed by atoms with Crippen molar-refractivity contribution in [1.82, 2.24) is 0 Å². The molecule has 0 atom stereocenters. The number of hydrogen-bond acceptors (Lipinski definition) is 8.